The summed E-state index contributed by atoms with van der Waals surface area (Å²) in [6, 6.07) is 20.4. The molecule has 0 aliphatic carbocycles. The Morgan fingerprint density at radius 3 is 2.00 bits per heavy atom. The van der Waals surface area contributed by atoms with Crippen LogP contribution in [0.4, 0.5) is 26.7 Å². The first-order valence-electron chi connectivity index (χ1n) is 15.6. The van der Waals surface area contributed by atoms with Gasteiger partial charge in [0.2, 0.25) is 0 Å². The monoisotopic (exact) mass is 708 g/mol. The molecule has 3 N–H and O–H groups in total. The Morgan fingerprint density at radius 1 is 0.824 bits per heavy atom. The number of amides is 2. The van der Waals surface area contributed by atoms with Gasteiger partial charge in [0.25, 0.3) is 5.56 Å². The van der Waals surface area contributed by atoms with Crippen molar-refractivity contribution in [3.63, 3.8) is 0 Å². The minimum atomic E-state index is -4.99. The Kier molecular flexibility index (Phi) is 11.0. The van der Waals surface area contributed by atoms with Crippen LogP contribution in [0.1, 0.15) is 40.0 Å². The van der Waals surface area contributed by atoms with E-state index in [4.69, 9.17) is 4.74 Å². The maximum Gasteiger partial charge on any atom is 0.416 e. The highest BCUT2D eigenvalue weighted by Gasteiger charge is 2.35. The quantitative estimate of drug-likeness (QED) is 0.143. The molecule has 2 atom stereocenters. The van der Waals surface area contributed by atoms with Crippen LogP contribution in [0.3, 0.4) is 0 Å². The molecular weight excluding hydrogens is 675 g/mol. The smallest absolute Gasteiger partial charge is 0.416 e. The number of carbonyl (C=O) groups excluding carboxylic acids is 1. The van der Waals surface area contributed by atoms with Crippen LogP contribution in [-0.2, 0) is 19.3 Å². The fourth-order valence-corrected chi connectivity index (χ4v) is 5.84. The van der Waals surface area contributed by atoms with Crippen molar-refractivity contribution in [3.05, 3.63) is 157 Å². The number of halogens is 5. The number of aromatic nitrogens is 2. The summed E-state index contributed by atoms with van der Waals surface area (Å²) in [5.74, 6) is -2.48. The minimum Gasteiger partial charge on any atom is -0.494 e. The molecule has 0 spiro atoms. The lowest BCUT2D eigenvalue weighted by Crippen LogP contribution is -2.47. The number of benzene rings is 4. The number of nitrogens with one attached hydrogen (secondary N) is 2. The first-order chi connectivity index (χ1) is 24.3. The van der Waals surface area contributed by atoms with Crippen molar-refractivity contribution in [3.8, 4) is 16.9 Å². The van der Waals surface area contributed by atoms with E-state index in [0.29, 0.717) is 21.8 Å². The average Bonchev–Trinajstić information content (AvgIpc) is 3.12. The molecule has 1 heterocycles. The number of hydrogen-bond acceptors (Lipinski definition) is 5. The molecule has 0 saturated carbocycles. The second-order valence-electron chi connectivity index (χ2n) is 11.6. The summed E-state index contributed by atoms with van der Waals surface area (Å²) in [6.07, 6.45) is -4.99. The van der Waals surface area contributed by atoms with Crippen LogP contribution in [0, 0.1) is 18.6 Å². The SMILES string of the molecule is COc1cccc(-c2c(C)n(Cc3c(F)cccc3C(F)(F)F)c(=O)n(C[C@H](NC(=O)N[C@@H](CO)c3ccccc3)c3ccccc3)c2=O)c1F. The fraction of sp³-hybridized carbons (Fsp3) is 0.216. The van der Waals surface area contributed by atoms with Crippen LogP contribution in [0.5, 0.6) is 5.75 Å². The van der Waals surface area contributed by atoms with Crippen molar-refractivity contribution in [2.24, 2.45) is 0 Å². The number of urea groups is 1. The van der Waals surface area contributed by atoms with Crippen LogP contribution in [0.15, 0.2) is 107 Å². The van der Waals surface area contributed by atoms with E-state index in [1.165, 1.54) is 32.2 Å². The van der Waals surface area contributed by atoms with Crippen molar-refractivity contribution in [1.82, 2.24) is 19.8 Å². The van der Waals surface area contributed by atoms with Gasteiger partial charge in [-0.25, -0.2) is 18.4 Å². The normalized spacial score (nSPS) is 12.6. The molecule has 0 radical (unpaired) electrons. The van der Waals surface area contributed by atoms with Gasteiger partial charge in [0, 0.05) is 16.8 Å². The van der Waals surface area contributed by atoms with Gasteiger partial charge < -0.3 is 20.5 Å². The van der Waals surface area contributed by atoms with Crippen molar-refractivity contribution >= 4 is 6.03 Å². The predicted octanol–water partition coefficient (Wildman–Crippen LogP) is 6.11. The molecule has 14 heteroatoms. The summed E-state index contributed by atoms with van der Waals surface area (Å²) < 4.78 is 79.4. The number of aliphatic hydroxyl groups is 1. The minimum absolute atomic E-state index is 0.236. The average molecular weight is 709 g/mol. The Hall–Kier alpha value is -5.76. The number of alkyl halides is 3. The van der Waals surface area contributed by atoms with Crippen LogP contribution >= 0.6 is 0 Å². The third-order valence-electron chi connectivity index (χ3n) is 8.44. The summed E-state index contributed by atoms with van der Waals surface area (Å²) >= 11 is 0. The summed E-state index contributed by atoms with van der Waals surface area (Å²) in [4.78, 5) is 41.8. The summed E-state index contributed by atoms with van der Waals surface area (Å²) in [5, 5.41) is 15.3. The van der Waals surface area contributed by atoms with Crippen LogP contribution < -0.4 is 26.6 Å². The van der Waals surface area contributed by atoms with Crippen LogP contribution in [-0.4, -0.2) is 34.0 Å². The van der Waals surface area contributed by atoms with Crippen molar-refractivity contribution < 1.29 is 36.6 Å². The molecular formula is C37H33F5N4O5. The second-order valence-corrected chi connectivity index (χ2v) is 11.6. The number of aliphatic hydroxyl groups excluding tert-OH is 1. The third kappa shape index (κ3) is 7.86. The first-order valence-corrected chi connectivity index (χ1v) is 15.6. The number of methoxy groups -OCH3 is 1. The number of rotatable bonds is 11. The molecule has 0 bridgehead atoms. The highest BCUT2D eigenvalue weighted by molar-refractivity contribution is 5.75. The van der Waals surface area contributed by atoms with Gasteiger partial charge in [-0.05, 0) is 36.2 Å². The van der Waals surface area contributed by atoms with Gasteiger partial charge in [0.05, 0.1) is 50.0 Å². The van der Waals surface area contributed by atoms with Gasteiger partial charge in [-0.2, -0.15) is 13.2 Å². The molecule has 2 amide bonds. The zero-order valence-electron chi connectivity index (χ0n) is 27.4. The van der Waals surface area contributed by atoms with Crippen molar-refractivity contribution in [1.29, 1.82) is 0 Å². The maximum atomic E-state index is 15.7. The van der Waals surface area contributed by atoms with E-state index < -0.39 is 83.6 Å². The Balaban J connectivity index is 1.67. The molecule has 0 fully saturated rings. The Morgan fingerprint density at radius 2 is 1.41 bits per heavy atom. The molecule has 0 saturated heterocycles. The first kappa shape index (κ1) is 36.5. The molecule has 4 aromatic carbocycles. The lowest BCUT2D eigenvalue weighted by molar-refractivity contribution is -0.138. The number of ether oxygens (including phenoxy) is 1. The zero-order chi connectivity index (χ0) is 36.9. The molecule has 0 unspecified atom stereocenters. The third-order valence-corrected chi connectivity index (χ3v) is 8.44. The van der Waals surface area contributed by atoms with E-state index in [2.05, 4.69) is 10.6 Å². The molecule has 0 aliphatic heterocycles. The topological polar surface area (TPSA) is 115 Å². The molecule has 51 heavy (non-hydrogen) atoms. The standard InChI is InChI=1S/C37H33F5N4O5/c1-22-32(25-15-9-18-31(51-2)33(25)39)34(48)46(36(50)45(22)19-26-27(37(40,41)42)16-10-17-28(26)38)20-29(23-11-5-3-6-12-23)43-35(49)44-30(21-47)24-13-7-4-8-14-24/h3-18,29-30,47H,19-21H2,1-2H3,(H2,43,44,49)/t29-,30-/m0/s1. The Bertz CT molecular complexity index is 2140. The lowest BCUT2D eigenvalue weighted by Gasteiger charge is -2.25. The van der Waals surface area contributed by atoms with Gasteiger partial charge >= 0.3 is 17.9 Å². The number of nitrogens with zero attached hydrogens (tertiary/aromatic N) is 2. The van der Waals surface area contributed by atoms with E-state index in [0.717, 1.165) is 16.7 Å². The molecule has 9 nitrogen and oxygen atoms in total. The lowest BCUT2D eigenvalue weighted by atomic mass is 10.0. The van der Waals surface area contributed by atoms with E-state index in [1.54, 1.807) is 60.7 Å². The Labute approximate surface area is 288 Å². The van der Waals surface area contributed by atoms with Crippen LogP contribution in [0.25, 0.3) is 11.1 Å². The number of carbonyl (C=O) groups is 1. The molecule has 5 rings (SSSR count). The summed E-state index contributed by atoms with van der Waals surface area (Å²) in [7, 11) is 1.20. The second kappa shape index (κ2) is 15.4. The van der Waals surface area contributed by atoms with Gasteiger partial charge in [0.15, 0.2) is 11.6 Å². The highest BCUT2D eigenvalue weighted by atomic mass is 19.4. The largest absolute Gasteiger partial charge is 0.494 e. The van der Waals surface area contributed by atoms with Crippen molar-refractivity contribution in [2.45, 2.75) is 38.3 Å². The molecule has 0 aliphatic rings. The maximum absolute atomic E-state index is 15.7. The van der Waals surface area contributed by atoms with Crippen LogP contribution in [0.2, 0.25) is 0 Å². The number of hydrogen-bond donors (Lipinski definition) is 3. The molecule has 266 valence electrons. The summed E-state index contributed by atoms with van der Waals surface area (Å²) in [5.41, 5.74) is -4.29. The van der Waals surface area contributed by atoms with Crippen molar-refractivity contribution in [2.75, 3.05) is 13.7 Å². The fourth-order valence-electron chi connectivity index (χ4n) is 5.84. The zero-order valence-corrected chi connectivity index (χ0v) is 27.4. The van der Waals surface area contributed by atoms with E-state index in [1.807, 2.05) is 0 Å². The predicted molar refractivity (Wildman–Crippen MR) is 179 cm³/mol. The van der Waals surface area contributed by atoms with E-state index >= 15 is 8.78 Å². The van der Waals surface area contributed by atoms with Gasteiger partial charge in [-0.3, -0.25) is 13.9 Å². The van der Waals surface area contributed by atoms with Gasteiger partial charge in [-0.15, -0.1) is 0 Å². The summed E-state index contributed by atoms with van der Waals surface area (Å²) in [6.45, 7) is -0.758. The highest BCUT2D eigenvalue weighted by Crippen LogP contribution is 2.34. The van der Waals surface area contributed by atoms with E-state index in [-0.39, 0.29) is 17.0 Å². The van der Waals surface area contributed by atoms with E-state index in [9.17, 15) is 32.7 Å². The van der Waals surface area contributed by atoms with Gasteiger partial charge in [0.1, 0.15) is 5.82 Å². The molecule has 5 aromatic rings. The molecule has 1 aromatic heterocycles. The van der Waals surface area contributed by atoms with Gasteiger partial charge in [-0.1, -0.05) is 78.9 Å².